The lowest BCUT2D eigenvalue weighted by molar-refractivity contribution is -0.125. The molecule has 2 aliphatic rings. The Balaban J connectivity index is 1.52. The van der Waals surface area contributed by atoms with Gasteiger partial charge in [-0.15, -0.1) is 0 Å². The second kappa shape index (κ2) is 10.1. The third kappa shape index (κ3) is 5.28. The van der Waals surface area contributed by atoms with Crippen LogP contribution in [0, 0.1) is 0 Å². The molecule has 0 saturated carbocycles. The van der Waals surface area contributed by atoms with Crippen LogP contribution >= 0.6 is 0 Å². The highest BCUT2D eigenvalue weighted by atomic mass is 16.6. The molecule has 2 amide bonds. The molecule has 4 rings (SSSR count). The predicted molar refractivity (Wildman–Crippen MR) is 116 cm³/mol. The van der Waals surface area contributed by atoms with E-state index in [1.165, 1.54) is 0 Å². The zero-order chi connectivity index (χ0) is 23.2. The summed E-state index contributed by atoms with van der Waals surface area (Å²) in [6.45, 7) is -0.191. The fraction of sp³-hybridized carbons (Fsp3) is 0.280. The van der Waals surface area contributed by atoms with Crippen molar-refractivity contribution < 1.29 is 33.4 Å². The van der Waals surface area contributed by atoms with Gasteiger partial charge in [-0.3, -0.25) is 4.79 Å². The van der Waals surface area contributed by atoms with Gasteiger partial charge in [-0.25, -0.2) is 19.3 Å². The lowest BCUT2D eigenvalue weighted by atomic mass is 9.91. The van der Waals surface area contributed by atoms with Gasteiger partial charge >= 0.3 is 18.0 Å². The van der Waals surface area contributed by atoms with Crippen molar-refractivity contribution in [2.75, 3.05) is 13.2 Å². The number of carbonyl (C=O) groups excluding carboxylic acids is 4. The topological polar surface area (TPSA) is 99.2 Å². The Bertz CT molecular complexity index is 1050. The number of allylic oxidation sites excluding steroid dienone is 1. The van der Waals surface area contributed by atoms with E-state index in [1.54, 1.807) is 60.7 Å². The molecule has 2 aromatic carbocycles. The summed E-state index contributed by atoms with van der Waals surface area (Å²) in [5.74, 6) is -1.48. The van der Waals surface area contributed by atoms with E-state index in [4.69, 9.17) is 14.2 Å². The monoisotopic (exact) mass is 449 g/mol. The molecule has 0 aromatic heterocycles. The highest BCUT2D eigenvalue weighted by Gasteiger charge is 2.36. The number of hydrogen-bond donors (Lipinski definition) is 0. The quantitative estimate of drug-likeness (QED) is 0.362. The van der Waals surface area contributed by atoms with E-state index >= 15 is 0 Å². The number of ether oxygens (including phenoxy) is 3. The minimum Gasteiger partial charge on any atom is -0.454 e. The molecule has 170 valence electrons. The summed E-state index contributed by atoms with van der Waals surface area (Å²) in [4.78, 5) is 50.1. The smallest absolute Gasteiger partial charge is 0.417 e. The van der Waals surface area contributed by atoms with Crippen molar-refractivity contribution in [1.29, 1.82) is 0 Å². The van der Waals surface area contributed by atoms with Gasteiger partial charge in [0, 0.05) is 6.54 Å². The van der Waals surface area contributed by atoms with Crippen LogP contribution in [0.4, 0.5) is 4.79 Å². The van der Waals surface area contributed by atoms with E-state index in [1.807, 2.05) is 6.08 Å². The molecular formula is C25H23NO7. The summed E-state index contributed by atoms with van der Waals surface area (Å²) in [6.07, 6.45) is 1.01. The average molecular weight is 449 g/mol. The SMILES string of the molecule is O=C(O[C@H]1CCC=C(CCN2C(=O)COC2=O)[C@H]1OC(=O)c1ccccc1)c1ccccc1. The molecule has 0 radical (unpaired) electrons. The first-order valence-electron chi connectivity index (χ1n) is 10.7. The molecule has 0 bridgehead atoms. The van der Waals surface area contributed by atoms with E-state index in [2.05, 4.69) is 0 Å². The van der Waals surface area contributed by atoms with Crippen LogP contribution in [0.15, 0.2) is 72.3 Å². The molecule has 0 spiro atoms. The van der Waals surface area contributed by atoms with Crippen molar-refractivity contribution in [3.8, 4) is 0 Å². The summed E-state index contributed by atoms with van der Waals surface area (Å²) in [5, 5.41) is 0. The van der Waals surface area contributed by atoms with Gasteiger partial charge in [-0.1, -0.05) is 42.5 Å². The van der Waals surface area contributed by atoms with Crippen LogP contribution in [0.2, 0.25) is 0 Å². The van der Waals surface area contributed by atoms with Gasteiger partial charge in [0.1, 0.15) is 6.10 Å². The number of nitrogens with zero attached hydrogens (tertiary/aromatic N) is 1. The van der Waals surface area contributed by atoms with Crippen LogP contribution in [0.3, 0.4) is 0 Å². The van der Waals surface area contributed by atoms with Crippen LogP contribution in [0.25, 0.3) is 0 Å². The second-order valence-corrected chi connectivity index (χ2v) is 7.71. The third-order valence-corrected chi connectivity index (χ3v) is 5.54. The highest BCUT2D eigenvalue weighted by molar-refractivity contribution is 5.97. The molecular weight excluding hydrogens is 426 g/mol. The van der Waals surface area contributed by atoms with Crippen molar-refractivity contribution in [3.05, 3.63) is 83.4 Å². The number of amides is 2. The van der Waals surface area contributed by atoms with Gasteiger partial charge in [-0.2, -0.15) is 0 Å². The van der Waals surface area contributed by atoms with Crippen molar-refractivity contribution >= 4 is 23.9 Å². The largest absolute Gasteiger partial charge is 0.454 e. The number of imide groups is 1. The lowest BCUT2D eigenvalue weighted by Gasteiger charge is -2.32. The summed E-state index contributed by atoms with van der Waals surface area (Å²) < 4.78 is 16.3. The van der Waals surface area contributed by atoms with Crippen molar-refractivity contribution in [2.24, 2.45) is 0 Å². The molecule has 8 heteroatoms. The van der Waals surface area contributed by atoms with E-state index in [-0.39, 0.29) is 19.6 Å². The third-order valence-electron chi connectivity index (χ3n) is 5.54. The Morgan fingerprint density at radius 1 is 0.909 bits per heavy atom. The standard InChI is InChI=1S/C25H23NO7/c27-21-16-31-25(30)26(21)15-14-17-12-7-13-20(32-23(28)18-8-3-1-4-9-18)22(17)33-24(29)19-10-5-2-6-11-19/h1-6,8-12,20,22H,7,13-16H2/t20-,22+/m0/s1. The Morgan fingerprint density at radius 3 is 2.09 bits per heavy atom. The number of carbonyl (C=O) groups is 4. The van der Waals surface area contributed by atoms with Gasteiger partial charge in [-0.05, 0) is 49.1 Å². The van der Waals surface area contributed by atoms with Crippen LogP contribution in [-0.2, 0) is 19.0 Å². The molecule has 0 N–H and O–H groups in total. The molecule has 1 aliphatic heterocycles. The zero-order valence-corrected chi connectivity index (χ0v) is 17.8. The van der Waals surface area contributed by atoms with Crippen molar-refractivity contribution in [3.63, 3.8) is 0 Å². The van der Waals surface area contributed by atoms with Gasteiger partial charge in [0.05, 0.1) is 11.1 Å². The Kier molecular flexibility index (Phi) is 6.83. The molecule has 2 aromatic rings. The van der Waals surface area contributed by atoms with E-state index < -0.39 is 36.1 Å². The number of hydrogen-bond acceptors (Lipinski definition) is 7. The Hall–Kier alpha value is -3.94. The molecule has 1 fully saturated rings. The first kappa shape index (κ1) is 22.3. The van der Waals surface area contributed by atoms with Crippen LogP contribution in [0.5, 0.6) is 0 Å². The number of rotatable bonds is 7. The van der Waals surface area contributed by atoms with E-state index in [0.29, 0.717) is 29.5 Å². The zero-order valence-electron chi connectivity index (χ0n) is 17.8. The lowest BCUT2D eigenvalue weighted by Crippen LogP contribution is -2.40. The minimum atomic E-state index is -0.840. The van der Waals surface area contributed by atoms with Gasteiger partial charge < -0.3 is 14.2 Å². The summed E-state index contributed by atoms with van der Waals surface area (Å²) in [5.41, 5.74) is 1.45. The normalized spacial score (nSPS) is 20.1. The highest BCUT2D eigenvalue weighted by Crippen LogP contribution is 2.29. The molecule has 1 aliphatic carbocycles. The number of esters is 2. The number of benzene rings is 2. The summed E-state index contributed by atoms with van der Waals surface area (Å²) in [6, 6.07) is 17.1. The molecule has 33 heavy (non-hydrogen) atoms. The fourth-order valence-corrected chi connectivity index (χ4v) is 3.83. The predicted octanol–water partition coefficient (Wildman–Crippen LogP) is 3.53. The Labute approximate surface area is 190 Å². The van der Waals surface area contributed by atoms with E-state index in [9.17, 15) is 19.2 Å². The number of cyclic esters (lactones) is 1. The van der Waals surface area contributed by atoms with Gasteiger partial charge in [0.25, 0.3) is 5.91 Å². The molecule has 0 unspecified atom stereocenters. The second-order valence-electron chi connectivity index (χ2n) is 7.71. The maximum Gasteiger partial charge on any atom is 0.417 e. The molecule has 8 nitrogen and oxygen atoms in total. The van der Waals surface area contributed by atoms with Crippen molar-refractivity contribution in [2.45, 2.75) is 31.5 Å². The van der Waals surface area contributed by atoms with E-state index in [0.717, 1.165) is 4.90 Å². The summed E-state index contributed by atoms with van der Waals surface area (Å²) in [7, 11) is 0. The minimum absolute atomic E-state index is 0.0856. The first-order chi connectivity index (χ1) is 16.0. The maximum absolute atomic E-state index is 12.8. The maximum atomic E-state index is 12.8. The fourth-order valence-electron chi connectivity index (χ4n) is 3.83. The summed E-state index contributed by atoms with van der Waals surface area (Å²) >= 11 is 0. The molecule has 2 atom stereocenters. The van der Waals surface area contributed by atoms with Crippen LogP contribution in [0.1, 0.15) is 40.0 Å². The van der Waals surface area contributed by atoms with Crippen molar-refractivity contribution in [1.82, 2.24) is 4.90 Å². The van der Waals surface area contributed by atoms with Crippen LogP contribution < -0.4 is 0 Å². The molecule has 1 heterocycles. The van der Waals surface area contributed by atoms with Gasteiger partial charge in [0.2, 0.25) is 0 Å². The Morgan fingerprint density at radius 2 is 1.52 bits per heavy atom. The average Bonchev–Trinajstić information content (AvgIpc) is 3.17. The van der Waals surface area contributed by atoms with Crippen LogP contribution in [-0.4, -0.2) is 54.2 Å². The van der Waals surface area contributed by atoms with Gasteiger partial charge in [0.15, 0.2) is 12.7 Å². The first-order valence-corrected chi connectivity index (χ1v) is 10.7. The molecule has 1 saturated heterocycles.